The highest BCUT2D eigenvalue weighted by Gasteiger charge is 2.47. The van der Waals surface area contributed by atoms with Crippen molar-refractivity contribution in [2.75, 3.05) is 13.1 Å². The van der Waals surface area contributed by atoms with E-state index in [4.69, 9.17) is 0 Å². The number of likely N-dealkylation sites (tertiary alicyclic amines) is 1. The number of benzene rings is 1. The van der Waals surface area contributed by atoms with Crippen LogP contribution in [0.1, 0.15) is 41.7 Å². The molecule has 1 aromatic carbocycles. The Bertz CT molecular complexity index is 749. The van der Waals surface area contributed by atoms with Crippen LogP contribution in [0.25, 0.3) is 0 Å². The predicted octanol–water partition coefficient (Wildman–Crippen LogP) is 3.93. The number of aromatic nitrogens is 1. The molecule has 1 aliphatic heterocycles. The molecule has 1 amide bonds. The second-order valence-corrected chi connectivity index (χ2v) is 7.51. The highest BCUT2D eigenvalue weighted by molar-refractivity contribution is 7.09. The lowest BCUT2D eigenvalue weighted by molar-refractivity contribution is -0.133. The molecule has 0 spiro atoms. The number of hydrogen-bond acceptors (Lipinski definition) is 3. The van der Waals surface area contributed by atoms with E-state index < -0.39 is 11.6 Å². The molecule has 1 saturated carbocycles. The first-order valence-corrected chi connectivity index (χ1v) is 9.15. The summed E-state index contributed by atoms with van der Waals surface area (Å²) in [7, 11) is 0. The van der Waals surface area contributed by atoms with Crippen molar-refractivity contribution in [2.45, 2.75) is 31.1 Å². The quantitative estimate of drug-likeness (QED) is 0.842. The van der Waals surface area contributed by atoms with Crippen LogP contribution in [0, 0.1) is 17.6 Å². The maximum absolute atomic E-state index is 13.9. The third-order valence-electron chi connectivity index (χ3n) is 5.02. The van der Waals surface area contributed by atoms with E-state index in [-0.39, 0.29) is 17.7 Å². The van der Waals surface area contributed by atoms with Crippen LogP contribution in [0.3, 0.4) is 0 Å². The number of carbonyl (C=O) groups excluding carboxylic acids is 1. The molecule has 2 aromatic rings. The van der Waals surface area contributed by atoms with Crippen LogP contribution >= 0.6 is 11.3 Å². The van der Waals surface area contributed by atoms with Gasteiger partial charge in [-0.2, -0.15) is 0 Å². The van der Waals surface area contributed by atoms with E-state index in [1.54, 1.807) is 23.6 Å². The van der Waals surface area contributed by atoms with Crippen molar-refractivity contribution in [1.82, 2.24) is 9.88 Å². The van der Waals surface area contributed by atoms with Gasteiger partial charge in [0.15, 0.2) is 11.6 Å². The van der Waals surface area contributed by atoms with Crippen molar-refractivity contribution in [3.8, 4) is 0 Å². The number of rotatable bonds is 3. The number of thiazole rings is 1. The number of carbonyl (C=O) groups is 1. The lowest BCUT2D eigenvalue weighted by Crippen LogP contribution is -2.40. The maximum atomic E-state index is 13.9. The molecule has 0 bridgehead atoms. The lowest BCUT2D eigenvalue weighted by Gasteiger charge is -2.32. The van der Waals surface area contributed by atoms with Crippen LogP contribution in [0.5, 0.6) is 0 Å². The van der Waals surface area contributed by atoms with Crippen LogP contribution in [0.2, 0.25) is 0 Å². The van der Waals surface area contributed by atoms with Crippen molar-refractivity contribution in [3.63, 3.8) is 0 Å². The zero-order chi connectivity index (χ0) is 16.7. The zero-order valence-electron chi connectivity index (χ0n) is 13.1. The fourth-order valence-corrected chi connectivity index (χ4v) is 4.44. The fraction of sp³-hybridized carbons (Fsp3) is 0.444. The Morgan fingerprint density at radius 2 is 2.21 bits per heavy atom. The summed E-state index contributed by atoms with van der Waals surface area (Å²) in [6, 6.07) is 4.21. The third kappa shape index (κ3) is 2.83. The van der Waals surface area contributed by atoms with Crippen molar-refractivity contribution >= 4 is 17.2 Å². The van der Waals surface area contributed by atoms with E-state index in [0.29, 0.717) is 24.4 Å². The predicted molar refractivity (Wildman–Crippen MR) is 87.9 cm³/mol. The maximum Gasteiger partial charge on any atom is 0.226 e. The Morgan fingerprint density at radius 1 is 1.33 bits per heavy atom. The molecule has 2 heterocycles. The second kappa shape index (κ2) is 6.24. The van der Waals surface area contributed by atoms with Crippen LogP contribution in [-0.2, 0) is 4.79 Å². The Labute approximate surface area is 143 Å². The minimum Gasteiger partial charge on any atom is -0.342 e. The van der Waals surface area contributed by atoms with Gasteiger partial charge in [-0.05, 0) is 36.8 Å². The van der Waals surface area contributed by atoms with E-state index in [2.05, 4.69) is 4.98 Å². The molecule has 6 heteroatoms. The molecule has 24 heavy (non-hydrogen) atoms. The number of piperidine rings is 1. The number of halogens is 2. The topological polar surface area (TPSA) is 33.2 Å². The number of hydrogen-bond donors (Lipinski definition) is 0. The van der Waals surface area contributed by atoms with Gasteiger partial charge in [-0.3, -0.25) is 4.79 Å². The van der Waals surface area contributed by atoms with Gasteiger partial charge in [-0.15, -0.1) is 11.3 Å². The molecule has 4 rings (SSSR count). The largest absolute Gasteiger partial charge is 0.342 e. The summed E-state index contributed by atoms with van der Waals surface area (Å²) in [6.07, 6.45) is 4.41. The summed E-state index contributed by atoms with van der Waals surface area (Å²) in [4.78, 5) is 19.0. The van der Waals surface area contributed by atoms with Gasteiger partial charge < -0.3 is 4.90 Å². The van der Waals surface area contributed by atoms with Crippen LogP contribution in [0.4, 0.5) is 8.78 Å². The molecule has 2 aliphatic rings. The van der Waals surface area contributed by atoms with Gasteiger partial charge in [-0.1, -0.05) is 12.1 Å². The van der Waals surface area contributed by atoms with Crippen molar-refractivity contribution in [3.05, 3.63) is 52.0 Å². The average Bonchev–Trinajstić information content (AvgIpc) is 3.19. The van der Waals surface area contributed by atoms with E-state index in [1.807, 2.05) is 10.3 Å². The Balaban J connectivity index is 1.44. The van der Waals surface area contributed by atoms with Gasteiger partial charge in [0.2, 0.25) is 5.91 Å². The smallest absolute Gasteiger partial charge is 0.226 e. The van der Waals surface area contributed by atoms with E-state index in [9.17, 15) is 13.6 Å². The third-order valence-corrected chi connectivity index (χ3v) is 5.96. The van der Waals surface area contributed by atoms with Crippen molar-refractivity contribution in [1.29, 1.82) is 0 Å². The highest BCUT2D eigenvalue weighted by Crippen LogP contribution is 2.50. The normalized spacial score (nSPS) is 26.4. The summed E-state index contributed by atoms with van der Waals surface area (Å²) in [5.41, 5.74) is 0.335. The van der Waals surface area contributed by atoms with Gasteiger partial charge in [0.05, 0.1) is 5.01 Å². The number of amides is 1. The molecule has 126 valence electrons. The summed E-state index contributed by atoms with van der Waals surface area (Å²) < 4.78 is 27.3. The molecule has 0 unspecified atom stereocenters. The molecule has 3 atom stereocenters. The van der Waals surface area contributed by atoms with Gasteiger partial charge in [0, 0.05) is 36.5 Å². The molecule has 1 aliphatic carbocycles. The van der Waals surface area contributed by atoms with Crippen LogP contribution in [-0.4, -0.2) is 28.9 Å². The summed E-state index contributed by atoms with van der Waals surface area (Å²) in [5.74, 6) is -1.68. The minimum absolute atomic E-state index is 0.0740. The SMILES string of the molecule is O=C([C@@H]1C[C@@H]1c1cccc(F)c1F)N1CCC[C@@H](c2nccs2)C1. The van der Waals surface area contributed by atoms with Gasteiger partial charge >= 0.3 is 0 Å². The molecular formula is C18H18F2N2OS. The lowest BCUT2D eigenvalue weighted by atomic mass is 9.98. The van der Waals surface area contributed by atoms with Crippen molar-refractivity contribution < 1.29 is 13.6 Å². The summed E-state index contributed by atoms with van der Waals surface area (Å²) >= 11 is 1.63. The van der Waals surface area contributed by atoms with Crippen LogP contribution < -0.4 is 0 Å². The Hall–Kier alpha value is -1.82. The second-order valence-electron chi connectivity index (χ2n) is 6.59. The molecule has 1 aromatic heterocycles. The first kappa shape index (κ1) is 15.7. The summed E-state index contributed by atoms with van der Waals surface area (Å²) in [5, 5.41) is 3.04. The first-order valence-electron chi connectivity index (χ1n) is 8.27. The highest BCUT2D eigenvalue weighted by atomic mass is 32.1. The first-order chi connectivity index (χ1) is 11.6. The molecular weight excluding hydrogens is 330 g/mol. The average molecular weight is 348 g/mol. The Kier molecular flexibility index (Phi) is 4.08. The minimum atomic E-state index is -0.840. The Morgan fingerprint density at radius 3 is 3.00 bits per heavy atom. The molecule has 2 fully saturated rings. The number of nitrogens with zero attached hydrogens (tertiary/aromatic N) is 2. The van der Waals surface area contributed by atoms with E-state index in [1.165, 1.54) is 6.07 Å². The molecule has 0 N–H and O–H groups in total. The van der Waals surface area contributed by atoms with E-state index in [0.717, 1.165) is 30.5 Å². The molecule has 1 saturated heterocycles. The standard InChI is InChI=1S/C18H18F2N2OS/c19-15-5-1-4-12(16(15)20)13-9-14(13)18(23)22-7-2-3-11(10-22)17-21-6-8-24-17/h1,4-6,8,11,13-14H,2-3,7,9-10H2/t11-,13-,14-/m1/s1. The monoisotopic (exact) mass is 348 g/mol. The van der Waals surface area contributed by atoms with Gasteiger partial charge in [0.1, 0.15) is 0 Å². The van der Waals surface area contributed by atoms with Gasteiger partial charge in [-0.25, -0.2) is 13.8 Å². The molecule has 3 nitrogen and oxygen atoms in total. The van der Waals surface area contributed by atoms with Crippen LogP contribution in [0.15, 0.2) is 29.8 Å². The van der Waals surface area contributed by atoms with Gasteiger partial charge in [0.25, 0.3) is 0 Å². The zero-order valence-corrected chi connectivity index (χ0v) is 13.9. The molecule has 0 radical (unpaired) electrons. The van der Waals surface area contributed by atoms with Crippen molar-refractivity contribution in [2.24, 2.45) is 5.92 Å². The fourth-order valence-electron chi connectivity index (χ4n) is 3.67. The van der Waals surface area contributed by atoms with E-state index >= 15 is 0 Å². The summed E-state index contributed by atoms with van der Waals surface area (Å²) in [6.45, 7) is 1.43.